The molecule has 2 aromatic carbocycles. The van der Waals surface area contributed by atoms with Gasteiger partial charge in [-0.25, -0.2) is 4.39 Å². The number of methoxy groups -OCH3 is 1. The lowest BCUT2D eigenvalue weighted by Crippen LogP contribution is -2.30. The van der Waals surface area contributed by atoms with Crippen molar-refractivity contribution < 1.29 is 9.13 Å². The van der Waals surface area contributed by atoms with Crippen molar-refractivity contribution in [2.75, 3.05) is 20.2 Å². The maximum atomic E-state index is 14.2. The van der Waals surface area contributed by atoms with Crippen LogP contribution in [0.1, 0.15) is 22.7 Å². The molecule has 4 heteroatoms. The molecular formula is C18H21FN2O. The molecule has 1 aliphatic heterocycles. The van der Waals surface area contributed by atoms with Crippen LogP contribution in [0.5, 0.6) is 5.75 Å². The van der Waals surface area contributed by atoms with Gasteiger partial charge in [-0.05, 0) is 24.1 Å². The average Bonchev–Trinajstić information content (AvgIpc) is 2.94. The molecule has 1 aliphatic rings. The highest BCUT2D eigenvalue weighted by Crippen LogP contribution is 2.39. The molecule has 1 unspecified atom stereocenters. The number of hydrogen-bond donors (Lipinski definition) is 1. The van der Waals surface area contributed by atoms with Crippen LogP contribution in [0.15, 0.2) is 42.5 Å². The van der Waals surface area contributed by atoms with E-state index in [9.17, 15) is 4.39 Å². The number of nitrogens with two attached hydrogens (primary N) is 1. The van der Waals surface area contributed by atoms with Crippen LogP contribution in [0.4, 0.5) is 4.39 Å². The first-order valence-corrected chi connectivity index (χ1v) is 7.58. The van der Waals surface area contributed by atoms with Gasteiger partial charge in [0.2, 0.25) is 0 Å². The Labute approximate surface area is 130 Å². The summed E-state index contributed by atoms with van der Waals surface area (Å²) in [4.78, 5) is 2.24. The summed E-state index contributed by atoms with van der Waals surface area (Å²) < 4.78 is 19.6. The van der Waals surface area contributed by atoms with Crippen LogP contribution in [0, 0.1) is 5.82 Å². The van der Waals surface area contributed by atoms with Crippen molar-refractivity contribution in [1.29, 1.82) is 0 Å². The molecule has 0 spiro atoms. The average molecular weight is 300 g/mol. The van der Waals surface area contributed by atoms with Gasteiger partial charge in [0.1, 0.15) is 11.6 Å². The third kappa shape index (κ3) is 2.72. The van der Waals surface area contributed by atoms with Crippen molar-refractivity contribution in [2.45, 2.75) is 19.0 Å². The molecule has 0 saturated heterocycles. The van der Waals surface area contributed by atoms with E-state index in [4.69, 9.17) is 10.5 Å². The highest BCUT2D eigenvalue weighted by atomic mass is 19.1. The van der Waals surface area contributed by atoms with Crippen LogP contribution in [-0.2, 0) is 13.0 Å². The summed E-state index contributed by atoms with van der Waals surface area (Å²) in [6.45, 7) is 1.94. The number of halogens is 1. The van der Waals surface area contributed by atoms with Gasteiger partial charge in [0.15, 0.2) is 0 Å². The van der Waals surface area contributed by atoms with E-state index in [1.165, 1.54) is 11.6 Å². The second-order valence-electron chi connectivity index (χ2n) is 5.60. The molecule has 3 rings (SSSR count). The standard InChI is InChI=1S/C18H21FN2O/c1-22-17-8-7-15(19)18-14(17)12-21(16(18)11-20)10-9-13-5-3-2-4-6-13/h2-8,16H,9-12,20H2,1H3. The fraction of sp³-hybridized carbons (Fsp3) is 0.333. The van der Waals surface area contributed by atoms with Crippen molar-refractivity contribution in [3.05, 3.63) is 65.0 Å². The van der Waals surface area contributed by atoms with Crippen molar-refractivity contribution in [2.24, 2.45) is 5.73 Å². The minimum atomic E-state index is -0.187. The van der Waals surface area contributed by atoms with E-state index >= 15 is 0 Å². The molecule has 2 aromatic rings. The molecule has 0 radical (unpaired) electrons. The molecule has 2 N–H and O–H groups in total. The maximum Gasteiger partial charge on any atom is 0.128 e. The van der Waals surface area contributed by atoms with E-state index in [-0.39, 0.29) is 11.9 Å². The Morgan fingerprint density at radius 1 is 1.23 bits per heavy atom. The molecule has 22 heavy (non-hydrogen) atoms. The predicted molar refractivity (Wildman–Crippen MR) is 85.3 cm³/mol. The van der Waals surface area contributed by atoms with Gasteiger partial charge in [-0.3, -0.25) is 4.90 Å². The first-order valence-electron chi connectivity index (χ1n) is 7.58. The first kappa shape index (κ1) is 15.0. The molecule has 3 nitrogen and oxygen atoms in total. The molecule has 1 heterocycles. The summed E-state index contributed by atoms with van der Waals surface area (Å²) in [7, 11) is 1.62. The smallest absolute Gasteiger partial charge is 0.128 e. The number of ether oxygens (including phenoxy) is 1. The van der Waals surface area contributed by atoms with Gasteiger partial charge in [-0.1, -0.05) is 30.3 Å². The van der Waals surface area contributed by atoms with E-state index < -0.39 is 0 Å². The van der Waals surface area contributed by atoms with Crippen LogP contribution in [0.2, 0.25) is 0 Å². The van der Waals surface area contributed by atoms with Crippen molar-refractivity contribution >= 4 is 0 Å². The fourth-order valence-electron chi connectivity index (χ4n) is 3.25. The largest absolute Gasteiger partial charge is 0.496 e. The topological polar surface area (TPSA) is 38.5 Å². The molecule has 0 bridgehead atoms. The molecule has 0 amide bonds. The Kier molecular flexibility index (Phi) is 4.41. The lowest BCUT2D eigenvalue weighted by atomic mass is 10.0. The minimum absolute atomic E-state index is 0.0752. The summed E-state index contributed by atoms with van der Waals surface area (Å²) >= 11 is 0. The fourth-order valence-corrected chi connectivity index (χ4v) is 3.25. The lowest BCUT2D eigenvalue weighted by Gasteiger charge is -2.23. The monoisotopic (exact) mass is 300 g/mol. The predicted octanol–water partition coefficient (Wildman–Crippen LogP) is 2.89. The Morgan fingerprint density at radius 3 is 2.68 bits per heavy atom. The number of nitrogens with zero attached hydrogens (tertiary/aromatic N) is 1. The minimum Gasteiger partial charge on any atom is -0.496 e. The number of fused-ring (bicyclic) bond motifs is 1. The highest BCUT2D eigenvalue weighted by molar-refractivity contribution is 5.46. The van der Waals surface area contributed by atoms with Gasteiger partial charge < -0.3 is 10.5 Å². The van der Waals surface area contributed by atoms with Gasteiger partial charge in [0.25, 0.3) is 0 Å². The third-order valence-electron chi connectivity index (χ3n) is 4.37. The molecule has 0 saturated carbocycles. The van der Waals surface area contributed by atoms with Gasteiger partial charge in [0, 0.05) is 30.8 Å². The summed E-state index contributed by atoms with van der Waals surface area (Å²) in [5, 5.41) is 0. The van der Waals surface area contributed by atoms with Crippen molar-refractivity contribution in [1.82, 2.24) is 4.90 Å². The first-order chi connectivity index (χ1) is 10.7. The van der Waals surface area contributed by atoms with Gasteiger partial charge in [-0.15, -0.1) is 0 Å². The second kappa shape index (κ2) is 6.46. The summed E-state index contributed by atoms with van der Waals surface area (Å²) in [6, 6.07) is 13.4. The van der Waals surface area contributed by atoms with Gasteiger partial charge in [0.05, 0.1) is 13.2 Å². The van der Waals surface area contributed by atoms with Crippen LogP contribution in [-0.4, -0.2) is 25.1 Å². The van der Waals surface area contributed by atoms with Gasteiger partial charge >= 0.3 is 0 Å². The highest BCUT2D eigenvalue weighted by Gasteiger charge is 2.33. The molecular weight excluding hydrogens is 279 g/mol. The number of hydrogen-bond acceptors (Lipinski definition) is 3. The SMILES string of the molecule is COc1ccc(F)c2c1CN(CCc1ccccc1)C2CN. The van der Waals surface area contributed by atoms with Crippen molar-refractivity contribution in [3.8, 4) is 5.75 Å². The number of rotatable bonds is 5. The number of benzene rings is 2. The van der Waals surface area contributed by atoms with Crippen molar-refractivity contribution in [3.63, 3.8) is 0 Å². The van der Waals surface area contributed by atoms with Crippen LogP contribution in [0.25, 0.3) is 0 Å². The molecule has 1 atom stereocenters. The van der Waals surface area contributed by atoms with Gasteiger partial charge in [-0.2, -0.15) is 0 Å². The Bertz CT molecular complexity index is 645. The zero-order chi connectivity index (χ0) is 15.5. The zero-order valence-electron chi connectivity index (χ0n) is 12.8. The summed E-state index contributed by atoms with van der Waals surface area (Å²) in [5.41, 5.74) is 8.84. The molecule has 116 valence electrons. The van der Waals surface area contributed by atoms with E-state index in [1.54, 1.807) is 13.2 Å². The quantitative estimate of drug-likeness (QED) is 0.923. The molecule has 0 fully saturated rings. The van der Waals surface area contributed by atoms with E-state index in [0.29, 0.717) is 18.7 Å². The third-order valence-corrected chi connectivity index (χ3v) is 4.37. The Balaban J connectivity index is 1.81. The molecule has 0 aromatic heterocycles. The molecule has 0 aliphatic carbocycles. The normalized spacial score (nSPS) is 17.5. The zero-order valence-corrected chi connectivity index (χ0v) is 12.8. The second-order valence-corrected chi connectivity index (χ2v) is 5.60. The van der Waals surface area contributed by atoms with E-state index in [2.05, 4.69) is 17.0 Å². The van der Waals surface area contributed by atoms with E-state index in [1.807, 2.05) is 18.2 Å². The summed E-state index contributed by atoms with van der Waals surface area (Å²) in [6.07, 6.45) is 0.926. The Morgan fingerprint density at radius 2 is 2.00 bits per heavy atom. The van der Waals surface area contributed by atoms with Crippen LogP contribution >= 0.6 is 0 Å². The maximum absolute atomic E-state index is 14.2. The van der Waals surface area contributed by atoms with Crippen LogP contribution in [0.3, 0.4) is 0 Å². The lowest BCUT2D eigenvalue weighted by molar-refractivity contribution is 0.219. The van der Waals surface area contributed by atoms with Crippen LogP contribution < -0.4 is 10.5 Å². The Hall–Kier alpha value is -1.91. The van der Waals surface area contributed by atoms with E-state index in [0.717, 1.165) is 24.3 Å². The summed E-state index contributed by atoms with van der Waals surface area (Å²) in [5.74, 6) is 0.561.